The molecular weight excluding hydrogens is 416 g/mol. The molecule has 0 atom stereocenters. The lowest BCUT2D eigenvalue weighted by atomic mass is 10.1. The second-order valence-corrected chi connectivity index (χ2v) is 7.68. The van der Waals surface area contributed by atoms with E-state index in [2.05, 4.69) is 25.8 Å². The average molecular weight is 441 g/mol. The van der Waals surface area contributed by atoms with E-state index in [-0.39, 0.29) is 12.3 Å². The number of amides is 2. The molecule has 2 amide bonds. The molecule has 8 nitrogen and oxygen atoms in total. The van der Waals surface area contributed by atoms with E-state index in [1.165, 1.54) is 0 Å². The Morgan fingerprint density at radius 1 is 0.939 bits per heavy atom. The molecule has 0 aliphatic rings. The lowest BCUT2D eigenvalue weighted by Crippen LogP contribution is -2.21. The van der Waals surface area contributed by atoms with Gasteiger partial charge in [0, 0.05) is 42.7 Å². The molecule has 0 spiro atoms. The summed E-state index contributed by atoms with van der Waals surface area (Å²) in [5.41, 5.74) is 4.57. The number of aromatic amines is 1. The number of fused-ring (bicyclic) bond motifs is 1. The molecule has 2 aromatic heterocycles. The molecule has 0 aliphatic heterocycles. The number of carbonyl (C=O) groups excluding carboxylic acids is 2. The van der Waals surface area contributed by atoms with Crippen LogP contribution in [0, 0.1) is 0 Å². The van der Waals surface area contributed by atoms with E-state index < -0.39 is 5.91 Å². The molecule has 0 saturated heterocycles. The zero-order valence-electron chi connectivity index (χ0n) is 18.4. The Morgan fingerprint density at radius 2 is 1.73 bits per heavy atom. The van der Waals surface area contributed by atoms with Gasteiger partial charge in [-0.05, 0) is 60.7 Å². The van der Waals surface area contributed by atoms with Crippen molar-refractivity contribution in [1.29, 1.82) is 0 Å². The first kappa shape index (κ1) is 21.8. The summed E-state index contributed by atoms with van der Waals surface area (Å²) in [5.74, 6) is -0.779. The number of hydrogen-bond donors (Lipinski definition) is 3. The quantitative estimate of drug-likeness (QED) is 0.375. The highest BCUT2D eigenvalue weighted by Crippen LogP contribution is 2.22. The fraction of sp³-hybridized carbons (Fsp3) is 0.120. The van der Waals surface area contributed by atoms with Crippen LogP contribution >= 0.6 is 0 Å². The zero-order valence-corrected chi connectivity index (χ0v) is 18.4. The second kappa shape index (κ2) is 9.78. The van der Waals surface area contributed by atoms with Gasteiger partial charge in [0.2, 0.25) is 11.8 Å². The third-order valence-corrected chi connectivity index (χ3v) is 4.94. The first-order chi connectivity index (χ1) is 16.0. The van der Waals surface area contributed by atoms with Gasteiger partial charge >= 0.3 is 0 Å². The number of aromatic nitrogens is 3. The number of H-pyrrole nitrogens is 1. The standard InChI is InChI=1S/C25H24N6O2/c1-31(2)20-8-5-7-18(14-20)27-24(32)16-25(33)28-19-9-11-21-22(29-30-23(21)15-19)12-10-17-6-3-4-13-26-17/h3-15H,16H2,1-2H3,(H,27,32)(H,28,33)(H,29,30). The lowest BCUT2D eigenvalue weighted by Gasteiger charge is -2.14. The van der Waals surface area contributed by atoms with Crippen molar-refractivity contribution in [2.24, 2.45) is 0 Å². The molecule has 0 radical (unpaired) electrons. The first-order valence-corrected chi connectivity index (χ1v) is 10.4. The summed E-state index contributed by atoms with van der Waals surface area (Å²) in [5, 5.41) is 13.7. The molecule has 4 aromatic rings. The highest BCUT2D eigenvalue weighted by atomic mass is 16.2. The van der Waals surface area contributed by atoms with Gasteiger partial charge in [0.05, 0.1) is 16.9 Å². The Kier molecular flexibility index (Phi) is 6.45. The van der Waals surface area contributed by atoms with E-state index in [1.807, 2.05) is 73.6 Å². The molecule has 166 valence electrons. The van der Waals surface area contributed by atoms with E-state index in [1.54, 1.807) is 24.4 Å². The number of nitrogens with one attached hydrogen (secondary N) is 3. The van der Waals surface area contributed by atoms with Gasteiger partial charge in [-0.2, -0.15) is 5.10 Å². The topological polar surface area (TPSA) is 103 Å². The van der Waals surface area contributed by atoms with Crippen molar-refractivity contribution in [1.82, 2.24) is 15.2 Å². The molecule has 4 rings (SSSR count). The maximum absolute atomic E-state index is 12.4. The Bertz CT molecular complexity index is 1310. The number of carbonyl (C=O) groups is 2. The Labute approximate surface area is 191 Å². The molecule has 0 saturated carbocycles. The third-order valence-electron chi connectivity index (χ3n) is 4.94. The number of rotatable bonds is 7. The predicted octanol–water partition coefficient (Wildman–Crippen LogP) is 4.16. The van der Waals surface area contributed by atoms with E-state index in [0.717, 1.165) is 28.0 Å². The summed E-state index contributed by atoms with van der Waals surface area (Å²) in [4.78, 5) is 30.8. The third kappa shape index (κ3) is 5.62. The van der Waals surface area contributed by atoms with Crippen molar-refractivity contribution in [3.05, 3.63) is 78.2 Å². The maximum atomic E-state index is 12.4. The average Bonchev–Trinajstić information content (AvgIpc) is 3.20. The van der Waals surface area contributed by atoms with Crippen molar-refractivity contribution < 1.29 is 9.59 Å². The summed E-state index contributed by atoms with van der Waals surface area (Å²) >= 11 is 0. The van der Waals surface area contributed by atoms with E-state index >= 15 is 0 Å². The fourth-order valence-corrected chi connectivity index (χ4v) is 3.30. The van der Waals surface area contributed by atoms with E-state index in [9.17, 15) is 9.59 Å². The monoisotopic (exact) mass is 440 g/mol. The molecule has 2 heterocycles. The Morgan fingerprint density at radius 3 is 2.45 bits per heavy atom. The number of hydrogen-bond acceptors (Lipinski definition) is 5. The van der Waals surface area contributed by atoms with Crippen LogP contribution in [0.15, 0.2) is 66.9 Å². The number of pyridine rings is 1. The van der Waals surface area contributed by atoms with Crippen molar-refractivity contribution in [3.63, 3.8) is 0 Å². The molecule has 2 aromatic carbocycles. The number of benzene rings is 2. The van der Waals surface area contributed by atoms with Crippen molar-refractivity contribution >= 4 is 51.9 Å². The normalized spacial score (nSPS) is 11.0. The van der Waals surface area contributed by atoms with Crippen LogP contribution in [-0.4, -0.2) is 41.1 Å². The highest BCUT2D eigenvalue weighted by Gasteiger charge is 2.12. The zero-order chi connectivity index (χ0) is 23.2. The minimum atomic E-state index is -0.398. The SMILES string of the molecule is CN(C)c1cccc(NC(=O)CC(=O)Nc2ccc3c(C=Cc4ccccn4)n[nH]c3c2)c1. The Balaban J connectivity index is 1.37. The summed E-state index contributed by atoms with van der Waals surface area (Å²) in [6, 6.07) is 18.6. The van der Waals surface area contributed by atoms with Gasteiger partial charge in [-0.3, -0.25) is 19.7 Å². The summed E-state index contributed by atoms with van der Waals surface area (Å²) < 4.78 is 0. The van der Waals surface area contributed by atoms with Gasteiger partial charge in [0.25, 0.3) is 0 Å². The van der Waals surface area contributed by atoms with Gasteiger partial charge in [-0.1, -0.05) is 12.1 Å². The van der Waals surface area contributed by atoms with Gasteiger partial charge in [-0.25, -0.2) is 0 Å². The molecule has 0 bridgehead atoms. The molecule has 0 aliphatic carbocycles. The predicted molar refractivity (Wildman–Crippen MR) is 132 cm³/mol. The fourth-order valence-electron chi connectivity index (χ4n) is 3.30. The van der Waals surface area contributed by atoms with Crippen LogP contribution in [0.25, 0.3) is 23.1 Å². The summed E-state index contributed by atoms with van der Waals surface area (Å²) in [6.07, 6.45) is 5.22. The summed E-state index contributed by atoms with van der Waals surface area (Å²) in [7, 11) is 3.84. The lowest BCUT2D eigenvalue weighted by molar-refractivity contribution is -0.123. The Hall–Kier alpha value is -4.46. The first-order valence-electron chi connectivity index (χ1n) is 10.4. The molecular formula is C25H24N6O2. The summed E-state index contributed by atoms with van der Waals surface area (Å²) in [6.45, 7) is 0. The minimum absolute atomic E-state index is 0.286. The molecule has 33 heavy (non-hydrogen) atoms. The highest BCUT2D eigenvalue weighted by molar-refractivity contribution is 6.08. The van der Waals surface area contributed by atoms with Crippen LogP contribution in [0.1, 0.15) is 17.8 Å². The van der Waals surface area contributed by atoms with Crippen molar-refractivity contribution in [2.45, 2.75) is 6.42 Å². The van der Waals surface area contributed by atoms with Crippen LogP contribution in [0.3, 0.4) is 0 Å². The maximum Gasteiger partial charge on any atom is 0.233 e. The molecule has 0 fully saturated rings. The van der Waals surface area contributed by atoms with Crippen molar-refractivity contribution in [2.75, 3.05) is 29.6 Å². The van der Waals surface area contributed by atoms with E-state index in [0.29, 0.717) is 11.4 Å². The van der Waals surface area contributed by atoms with E-state index in [4.69, 9.17) is 0 Å². The van der Waals surface area contributed by atoms with Crippen LogP contribution in [0.5, 0.6) is 0 Å². The largest absolute Gasteiger partial charge is 0.378 e. The molecule has 3 N–H and O–H groups in total. The van der Waals surface area contributed by atoms with Crippen LogP contribution in [0.4, 0.5) is 17.1 Å². The van der Waals surface area contributed by atoms with Crippen LogP contribution in [0.2, 0.25) is 0 Å². The molecule has 0 unspecified atom stereocenters. The van der Waals surface area contributed by atoms with Gasteiger partial charge < -0.3 is 15.5 Å². The second-order valence-electron chi connectivity index (χ2n) is 7.68. The van der Waals surface area contributed by atoms with Crippen molar-refractivity contribution in [3.8, 4) is 0 Å². The van der Waals surface area contributed by atoms with Gasteiger partial charge in [0.15, 0.2) is 0 Å². The smallest absolute Gasteiger partial charge is 0.233 e. The minimum Gasteiger partial charge on any atom is -0.378 e. The number of nitrogens with zero attached hydrogens (tertiary/aromatic N) is 3. The number of anilines is 3. The van der Waals surface area contributed by atoms with Gasteiger partial charge in [-0.15, -0.1) is 0 Å². The van der Waals surface area contributed by atoms with Gasteiger partial charge in [0.1, 0.15) is 6.42 Å². The van der Waals surface area contributed by atoms with Crippen LogP contribution in [-0.2, 0) is 9.59 Å². The molecule has 8 heteroatoms. The van der Waals surface area contributed by atoms with Crippen LogP contribution < -0.4 is 15.5 Å².